The molecule has 1 unspecified atom stereocenters. The first-order valence-electron chi connectivity index (χ1n) is 5.47. The van der Waals surface area contributed by atoms with Gasteiger partial charge in [0.15, 0.2) is 0 Å². The van der Waals surface area contributed by atoms with Gasteiger partial charge in [-0.1, -0.05) is 19.3 Å². The highest BCUT2D eigenvalue weighted by atomic mass is 16.2. The Morgan fingerprint density at radius 1 is 1.36 bits per heavy atom. The van der Waals surface area contributed by atoms with Crippen molar-refractivity contribution in [2.75, 3.05) is 7.05 Å². The van der Waals surface area contributed by atoms with E-state index >= 15 is 0 Å². The molecule has 1 N–H and O–H groups in total. The van der Waals surface area contributed by atoms with Gasteiger partial charge in [-0.2, -0.15) is 0 Å². The molecule has 0 bridgehead atoms. The van der Waals surface area contributed by atoms with Crippen LogP contribution < -0.4 is 5.32 Å². The Morgan fingerprint density at radius 3 is 2.79 bits per heavy atom. The molecule has 3 nitrogen and oxygen atoms in total. The molecular formula is C11H19NO2. The summed E-state index contributed by atoms with van der Waals surface area (Å²) in [7, 11) is 1.62. The second-order valence-electron chi connectivity index (χ2n) is 3.99. The Labute approximate surface area is 85.3 Å². The van der Waals surface area contributed by atoms with E-state index in [1.807, 2.05) is 0 Å². The van der Waals surface area contributed by atoms with Crippen molar-refractivity contribution in [1.82, 2.24) is 5.32 Å². The lowest BCUT2D eigenvalue weighted by atomic mass is 9.87. The quantitative estimate of drug-likeness (QED) is 0.731. The van der Waals surface area contributed by atoms with E-state index in [0.717, 1.165) is 19.3 Å². The highest BCUT2D eigenvalue weighted by Gasteiger charge is 2.21. The maximum Gasteiger partial charge on any atom is 0.220 e. The van der Waals surface area contributed by atoms with Gasteiger partial charge in [0.05, 0.1) is 0 Å². The van der Waals surface area contributed by atoms with Gasteiger partial charge in [-0.15, -0.1) is 0 Å². The summed E-state index contributed by atoms with van der Waals surface area (Å²) >= 11 is 0. The summed E-state index contributed by atoms with van der Waals surface area (Å²) in [6.07, 6.45) is 6.41. The highest BCUT2D eigenvalue weighted by molar-refractivity contribution is 5.86. The fraction of sp³-hybridized carbons (Fsp3) is 0.818. The largest absolute Gasteiger partial charge is 0.359 e. The lowest BCUT2D eigenvalue weighted by molar-refractivity contribution is -0.129. The Balaban J connectivity index is 2.45. The van der Waals surface area contributed by atoms with Gasteiger partial charge in [-0.05, 0) is 12.8 Å². The maximum absolute atomic E-state index is 11.6. The van der Waals surface area contributed by atoms with Crippen molar-refractivity contribution in [1.29, 1.82) is 0 Å². The van der Waals surface area contributed by atoms with Crippen LogP contribution in [0.1, 0.15) is 44.9 Å². The van der Waals surface area contributed by atoms with Crippen molar-refractivity contribution in [2.45, 2.75) is 44.9 Å². The smallest absolute Gasteiger partial charge is 0.220 e. The molecule has 0 aromatic rings. The number of Topliss-reactive ketones (excluding diaryl/α,β-unsaturated/α-hetero) is 1. The minimum Gasteiger partial charge on any atom is -0.359 e. The maximum atomic E-state index is 11.6. The summed E-state index contributed by atoms with van der Waals surface area (Å²) in [4.78, 5) is 22.8. The Bertz CT molecular complexity index is 213. The lowest BCUT2D eigenvalue weighted by Gasteiger charge is -2.17. The van der Waals surface area contributed by atoms with E-state index in [1.54, 1.807) is 7.05 Å². The predicted molar refractivity (Wildman–Crippen MR) is 54.9 cm³/mol. The molecule has 1 aliphatic carbocycles. The van der Waals surface area contributed by atoms with Gasteiger partial charge in [0.1, 0.15) is 5.78 Å². The minimum absolute atomic E-state index is 0.0103. The normalized spacial score (nSPS) is 23.8. The van der Waals surface area contributed by atoms with Crippen LogP contribution >= 0.6 is 0 Å². The summed E-state index contributed by atoms with van der Waals surface area (Å²) in [5.41, 5.74) is 0. The van der Waals surface area contributed by atoms with Crippen molar-refractivity contribution in [3.05, 3.63) is 0 Å². The molecule has 0 spiro atoms. The van der Waals surface area contributed by atoms with E-state index in [9.17, 15) is 9.59 Å². The molecule has 80 valence electrons. The van der Waals surface area contributed by atoms with Crippen molar-refractivity contribution < 1.29 is 9.59 Å². The summed E-state index contributed by atoms with van der Waals surface area (Å²) < 4.78 is 0. The number of hydrogen-bond acceptors (Lipinski definition) is 2. The third-order valence-corrected chi connectivity index (χ3v) is 2.89. The van der Waals surface area contributed by atoms with Crippen molar-refractivity contribution in [3.8, 4) is 0 Å². The summed E-state index contributed by atoms with van der Waals surface area (Å²) in [6.45, 7) is 0. The van der Waals surface area contributed by atoms with E-state index in [0.29, 0.717) is 12.8 Å². The summed E-state index contributed by atoms with van der Waals surface area (Å²) in [6, 6.07) is 0. The topological polar surface area (TPSA) is 46.2 Å². The van der Waals surface area contributed by atoms with E-state index in [4.69, 9.17) is 0 Å². The van der Waals surface area contributed by atoms with Crippen LogP contribution in [0.4, 0.5) is 0 Å². The Hall–Kier alpha value is -0.860. The molecule has 14 heavy (non-hydrogen) atoms. The molecule has 0 aromatic heterocycles. The average Bonchev–Trinajstić information content (AvgIpc) is 2.17. The summed E-state index contributed by atoms with van der Waals surface area (Å²) in [5.74, 6) is 0.257. The second-order valence-corrected chi connectivity index (χ2v) is 3.99. The third kappa shape index (κ3) is 3.48. The SMILES string of the molecule is CNC(=O)CC1CCCCCCC1=O. The lowest BCUT2D eigenvalue weighted by Crippen LogP contribution is -2.26. The van der Waals surface area contributed by atoms with Gasteiger partial charge < -0.3 is 5.32 Å². The number of carbonyl (C=O) groups is 2. The first kappa shape index (κ1) is 11.2. The van der Waals surface area contributed by atoms with Gasteiger partial charge in [0.25, 0.3) is 0 Å². The number of rotatable bonds is 2. The average molecular weight is 197 g/mol. The standard InChI is InChI=1S/C11H19NO2/c1-12-11(14)8-9-6-4-2-3-5-7-10(9)13/h9H,2-8H2,1H3,(H,12,14). The van der Waals surface area contributed by atoms with Gasteiger partial charge in [0, 0.05) is 25.8 Å². The Morgan fingerprint density at radius 2 is 2.07 bits per heavy atom. The van der Waals surface area contributed by atoms with Crippen LogP contribution in [0.25, 0.3) is 0 Å². The van der Waals surface area contributed by atoms with Crippen LogP contribution in [0.5, 0.6) is 0 Å². The van der Waals surface area contributed by atoms with Crippen molar-refractivity contribution >= 4 is 11.7 Å². The van der Waals surface area contributed by atoms with Crippen molar-refractivity contribution in [3.63, 3.8) is 0 Å². The molecule has 0 aromatic carbocycles. The van der Waals surface area contributed by atoms with Crippen LogP contribution in [0.3, 0.4) is 0 Å². The van der Waals surface area contributed by atoms with Gasteiger partial charge in [-0.25, -0.2) is 0 Å². The van der Waals surface area contributed by atoms with Crippen molar-refractivity contribution in [2.24, 2.45) is 5.92 Å². The van der Waals surface area contributed by atoms with Crippen LogP contribution in [0.15, 0.2) is 0 Å². The fourth-order valence-electron chi connectivity index (χ4n) is 1.95. The molecule has 1 rings (SSSR count). The molecule has 1 amide bonds. The molecule has 0 aliphatic heterocycles. The molecule has 1 aliphatic rings. The zero-order valence-corrected chi connectivity index (χ0v) is 8.84. The molecule has 0 radical (unpaired) electrons. The van der Waals surface area contributed by atoms with E-state index < -0.39 is 0 Å². The molecule has 3 heteroatoms. The van der Waals surface area contributed by atoms with E-state index in [-0.39, 0.29) is 17.6 Å². The van der Waals surface area contributed by atoms with Gasteiger partial charge in [-0.3, -0.25) is 9.59 Å². The van der Waals surface area contributed by atoms with Crippen LogP contribution in [0, 0.1) is 5.92 Å². The summed E-state index contributed by atoms with van der Waals surface area (Å²) in [5, 5.41) is 2.58. The van der Waals surface area contributed by atoms with Gasteiger partial charge >= 0.3 is 0 Å². The number of ketones is 1. The fourth-order valence-corrected chi connectivity index (χ4v) is 1.95. The number of hydrogen-bond donors (Lipinski definition) is 1. The molecule has 0 heterocycles. The molecule has 1 fully saturated rings. The first-order chi connectivity index (χ1) is 6.74. The van der Waals surface area contributed by atoms with Crippen LogP contribution in [-0.4, -0.2) is 18.7 Å². The van der Waals surface area contributed by atoms with Crippen LogP contribution in [0.2, 0.25) is 0 Å². The molecular weight excluding hydrogens is 178 g/mol. The number of amides is 1. The minimum atomic E-state index is -0.0183. The zero-order valence-electron chi connectivity index (χ0n) is 8.84. The first-order valence-corrected chi connectivity index (χ1v) is 5.47. The third-order valence-electron chi connectivity index (χ3n) is 2.89. The van der Waals surface area contributed by atoms with Gasteiger partial charge in [0.2, 0.25) is 5.91 Å². The monoisotopic (exact) mass is 197 g/mol. The molecule has 1 saturated carbocycles. The number of nitrogens with one attached hydrogen (secondary N) is 1. The zero-order chi connectivity index (χ0) is 10.4. The van der Waals surface area contributed by atoms with E-state index in [2.05, 4.69) is 5.32 Å². The Kier molecular flexibility index (Phi) is 4.63. The number of carbonyl (C=O) groups excluding carboxylic acids is 2. The second kappa shape index (κ2) is 5.78. The molecule has 0 saturated heterocycles. The highest BCUT2D eigenvalue weighted by Crippen LogP contribution is 2.21. The predicted octanol–water partition coefficient (Wildman–Crippen LogP) is 1.66. The molecule has 1 atom stereocenters. The van der Waals surface area contributed by atoms with Crippen LogP contribution in [-0.2, 0) is 9.59 Å². The van der Waals surface area contributed by atoms with E-state index in [1.165, 1.54) is 12.8 Å².